The fraction of sp³-hybridized carbons (Fsp3) is 0.111. The third kappa shape index (κ3) is 3.23. The summed E-state index contributed by atoms with van der Waals surface area (Å²) in [5.41, 5.74) is 15.5. The van der Waals surface area contributed by atoms with Crippen molar-refractivity contribution < 1.29 is 0 Å². The van der Waals surface area contributed by atoms with Crippen molar-refractivity contribution in [2.75, 3.05) is 16.8 Å². The first-order chi connectivity index (χ1) is 11.1. The first-order valence-electron chi connectivity index (χ1n) is 7.43. The van der Waals surface area contributed by atoms with Crippen molar-refractivity contribution in [3.63, 3.8) is 0 Å². The summed E-state index contributed by atoms with van der Waals surface area (Å²) in [5, 5.41) is 3.41. The summed E-state index contributed by atoms with van der Waals surface area (Å²) >= 11 is 0. The Morgan fingerprint density at radius 1 is 0.957 bits per heavy atom. The van der Waals surface area contributed by atoms with Gasteiger partial charge in [-0.25, -0.2) is 9.97 Å². The topological polar surface area (TPSA) is 89.8 Å². The quantitative estimate of drug-likeness (QED) is 0.642. The molecule has 5 nitrogen and oxygen atoms in total. The maximum absolute atomic E-state index is 6.09. The molecule has 1 unspecified atom stereocenters. The van der Waals surface area contributed by atoms with E-state index in [1.165, 1.54) is 11.9 Å². The number of benzene rings is 2. The second-order valence-corrected chi connectivity index (χ2v) is 5.38. The van der Waals surface area contributed by atoms with Crippen molar-refractivity contribution in [2.45, 2.75) is 13.0 Å². The molecule has 0 aliphatic rings. The fourth-order valence-corrected chi connectivity index (χ4v) is 2.52. The van der Waals surface area contributed by atoms with Gasteiger partial charge in [0.15, 0.2) is 0 Å². The molecule has 0 spiro atoms. The lowest BCUT2D eigenvalue weighted by Gasteiger charge is -2.18. The molecule has 0 saturated heterocycles. The molecule has 2 aromatic carbocycles. The van der Waals surface area contributed by atoms with E-state index in [0.717, 1.165) is 11.1 Å². The van der Waals surface area contributed by atoms with Crippen LogP contribution in [0.4, 0.5) is 17.3 Å². The second-order valence-electron chi connectivity index (χ2n) is 5.38. The molecule has 0 bridgehead atoms. The highest BCUT2D eigenvalue weighted by atomic mass is 15.1. The van der Waals surface area contributed by atoms with E-state index < -0.39 is 0 Å². The van der Waals surface area contributed by atoms with Crippen LogP contribution in [0.15, 0.2) is 60.9 Å². The van der Waals surface area contributed by atoms with E-state index >= 15 is 0 Å². The molecule has 23 heavy (non-hydrogen) atoms. The van der Waals surface area contributed by atoms with Gasteiger partial charge in [-0.2, -0.15) is 0 Å². The lowest BCUT2D eigenvalue weighted by atomic mass is 10.0. The van der Waals surface area contributed by atoms with Crippen LogP contribution in [0.2, 0.25) is 0 Å². The van der Waals surface area contributed by atoms with Crippen LogP contribution >= 0.6 is 0 Å². The molecule has 0 aliphatic heterocycles. The van der Waals surface area contributed by atoms with Crippen molar-refractivity contribution in [3.05, 3.63) is 66.5 Å². The molecule has 0 aliphatic carbocycles. The molecule has 5 heteroatoms. The van der Waals surface area contributed by atoms with Crippen LogP contribution in [-0.4, -0.2) is 9.97 Å². The molecule has 0 radical (unpaired) electrons. The number of anilines is 3. The standard InChI is InChI=1S/C18H19N5/c1-12(13-6-3-2-4-7-13)23-18-16(17(20)21-11-22-18)14-8-5-9-15(19)10-14/h2-12H,19H2,1H3,(H3,20,21,22,23). The number of nitrogens with two attached hydrogens (primary N) is 2. The maximum Gasteiger partial charge on any atom is 0.139 e. The molecule has 5 N–H and O–H groups in total. The Morgan fingerprint density at radius 3 is 2.48 bits per heavy atom. The minimum absolute atomic E-state index is 0.0882. The lowest BCUT2D eigenvalue weighted by molar-refractivity contribution is 0.873. The summed E-state index contributed by atoms with van der Waals surface area (Å²) < 4.78 is 0. The zero-order chi connectivity index (χ0) is 16.2. The summed E-state index contributed by atoms with van der Waals surface area (Å²) in [6.07, 6.45) is 1.46. The van der Waals surface area contributed by atoms with E-state index in [-0.39, 0.29) is 6.04 Å². The summed E-state index contributed by atoms with van der Waals surface area (Å²) in [6.45, 7) is 2.08. The Bertz CT molecular complexity index is 802. The van der Waals surface area contributed by atoms with Gasteiger partial charge in [-0.1, -0.05) is 42.5 Å². The van der Waals surface area contributed by atoms with E-state index in [2.05, 4.69) is 34.3 Å². The van der Waals surface area contributed by atoms with Crippen LogP contribution < -0.4 is 16.8 Å². The first kappa shape index (κ1) is 14.8. The lowest BCUT2D eigenvalue weighted by Crippen LogP contribution is -2.10. The highest BCUT2D eigenvalue weighted by Gasteiger charge is 2.14. The number of hydrogen-bond acceptors (Lipinski definition) is 5. The molecule has 3 rings (SSSR count). The van der Waals surface area contributed by atoms with Crippen molar-refractivity contribution >= 4 is 17.3 Å². The van der Waals surface area contributed by atoms with Gasteiger partial charge < -0.3 is 16.8 Å². The second kappa shape index (κ2) is 6.36. The van der Waals surface area contributed by atoms with Gasteiger partial charge in [0.2, 0.25) is 0 Å². The van der Waals surface area contributed by atoms with Crippen LogP contribution in [0.1, 0.15) is 18.5 Å². The largest absolute Gasteiger partial charge is 0.399 e. The van der Waals surface area contributed by atoms with Gasteiger partial charge in [0.05, 0.1) is 5.56 Å². The molecule has 1 aromatic heterocycles. The van der Waals surface area contributed by atoms with Crippen molar-refractivity contribution in [3.8, 4) is 11.1 Å². The predicted octanol–water partition coefficient (Wildman–Crippen LogP) is 3.48. The number of nitrogen functional groups attached to an aromatic ring is 2. The monoisotopic (exact) mass is 305 g/mol. The summed E-state index contributed by atoms with van der Waals surface area (Å²) in [7, 11) is 0. The normalized spacial score (nSPS) is 11.9. The van der Waals surface area contributed by atoms with E-state index in [4.69, 9.17) is 11.5 Å². The van der Waals surface area contributed by atoms with Gasteiger partial charge in [0.1, 0.15) is 18.0 Å². The van der Waals surface area contributed by atoms with E-state index in [9.17, 15) is 0 Å². The van der Waals surface area contributed by atoms with Gasteiger partial charge in [-0.05, 0) is 30.2 Å². The molecular formula is C18H19N5. The predicted molar refractivity (Wildman–Crippen MR) is 94.8 cm³/mol. The third-order valence-electron chi connectivity index (χ3n) is 3.70. The van der Waals surface area contributed by atoms with Gasteiger partial charge in [0, 0.05) is 11.7 Å². The number of nitrogens with one attached hydrogen (secondary N) is 1. The van der Waals surface area contributed by atoms with Crippen molar-refractivity contribution in [1.29, 1.82) is 0 Å². The Morgan fingerprint density at radius 2 is 1.74 bits per heavy atom. The summed E-state index contributed by atoms with van der Waals surface area (Å²) in [6, 6.07) is 17.8. The van der Waals surface area contributed by atoms with Gasteiger partial charge >= 0.3 is 0 Å². The Labute approximate surface area is 135 Å². The Hall–Kier alpha value is -3.08. The first-order valence-corrected chi connectivity index (χ1v) is 7.43. The van der Waals surface area contributed by atoms with Crippen molar-refractivity contribution in [2.24, 2.45) is 0 Å². The smallest absolute Gasteiger partial charge is 0.139 e. The third-order valence-corrected chi connectivity index (χ3v) is 3.70. The van der Waals surface area contributed by atoms with Crippen LogP contribution in [0.3, 0.4) is 0 Å². The van der Waals surface area contributed by atoms with Crippen LogP contribution in [0.25, 0.3) is 11.1 Å². The zero-order valence-corrected chi connectivity index (χ0v) is 12.9. The van der Waals surface area contributed by atoms with Gasteiger partial charge in [-0.3, -0.25) is 0 Å². The highest BCUT2D eigenvalue weighted by Crippen LogP contribution is 2.33. The number of nitrogens with zero attached hydrogens (tertiary/aromatic N) is 2. The SMILES string of the molecule is CC(Nc1ncnc(N)c1-c1cccc(N)c1)c1ccccc1. The van der Waals surface area contributed by atoms with Crippen molar-refractivity contribution in [1.82, 2.24) is 9.97 Å². The average Bonchev–Trinajstić information content (AvgIpc) is 2.56. The minimum Gasteiger partial charge on any atom is -0.399 e. The number of aromatic nitrogens is 2. The van der Waals surface area contributed by atoms with E-state index in [1.54, 1.807) is 0 Å². The molecule has 0 amide bonds. The molecular weight excluding hydrogens is 286 g/mol. The summed E-state index contributed by atoms with van der Waals surface area (Å²) in [5.74, 6) is 1.12. The van der Waals surface area contributed by atoms with E-state index in [1.807, 2.05) is 42.5 Å². The Kier molecular flexibility index (Phi) is 4.10. The molecule has 3 aromatic rings. The number of rotatable bonds is 4. The molecule has 116 valence electrons. The summed E-state index contributed by atoms with van der Waals surface area (Å²) in [4.78, 5) is 8.48. The van der Waals surface area contributed by atoms with Gasteiger partial charge in [0.25, 0.3) is 0 Å². The molecule has 1 atom stereocenters. The number of hydrogen-bond donors (Lipinski definition) is 3. The van der Waals surface area contributed by atoms with Crippen LogP contribution in [-0.2, 0) is 0 Å². The molecule has 0 fully saturated rings. The molecule has 0 saturated carbocycles. The van der Waals surface area contributed by atoms with Crippen LogP contribution in [0.5, 0.6) is 0 Å². The fourth-order valence-electron chi connectivity index (χ4n) is 2.52. The van der Waals surface area contributed by atoms with Crippen LogP contribution in [0, 0.1) is 0 Å². The molecule has 1 heterocycles. The minimum atomic E-state index is 0.0882. The zero-order valence-electron chi connectivity index (χ0n) is 12.9. The Balaban J connectivity index is 1.99. The van der Waals surface area contributed by atoms with E-state index in [0.29, 0.717) is 17.3 Å². The highest BCUT2D eigenvalue weighted by molar-refractivity contribution is 5.84. The average molecular weight is 305 g/mol. The maximum atomic E-state index is 6.09. The van der Waals surface area contributed by atoms with Gasteiger partial charge in [-0.15, -0.1) is 0 Å².